The number of aryl methyl sites for hydroxylation is 1. The average Bonchev–Trinajstić information content (AvgIpc) is 3.71. The van der Waals surface area contributed by atoms with Gasteiger partial charge in [-0.3, -0.25) is 9.59 Å². The molecule has 1 amide bonds. The Morgan fingerprint density at radius 1 is 1.02 bits per heavy atom. The number of halogens is 5. The van der Waals surface area contributed by atoms with Crippen LogP contribution in [-0.2, 0) is 33.3 Å². The van der Waals surface area contributed by atoms with Gasteiger partial charge in [0.1, 0.15) is 18.1 Å². The maximum atomic E-state index is 14.8. The van der Waals surface area contributed by atoms with Gasteiger partial charge in [-0.25, -0.2) is 4.98 Å². The number of rotatable bonds is 16. The van der Waals surface area contributed by atoms with Crippen molar-refractivity contribution in [3.8, 4) is 22.5 Å². The Labute approximate surface area is 268 Å². The number of imidazole rings is 1. The molecule has 4 aromatic rings. The Hall–Kier alpha value is -5.49. The van der Waals surface area contributed by atoms with Crippen LogP contribution in [0.25, 0.3) is 22.5 Å². The molecular weight excluding hydrogens is 651 g/mol. The highest BCUT2D eigenvalue weighted by Gasteiger charge is 2.62. The Balaban J connectivity index is 1.60. The van der Waals surface area contributed by atoms with E-state index in [2.05, 4.69) is 35.8 Å². The summed E-state index contributed by atoms with van der Waals surface area (Å²) in [4.78, 5) is 43.3. The van der Waals surface area contributed by atoms with Crippen LogP contribution in [0.15, 0.2) is 48.5 Å². The van der Waals surface area contributed by atoms with Crippen molar-refractivity contribution < 1.29 is 46.2 Å². The largest absolute Gasteiger partial charge is 0.464 e. The highest BCUT2D eigenvalue weighted by Crippen LogP contribution is 2.45. The van der Waals surface area contributed by atoms with Gasteiger partial charge in [-0.05, 0) is 41.2 Å². The van der Waals surface area contributed by atoms with Crippen molar-refractivity contribution in [3.05, 3.63) is 81.4 Å². The summed E-state index contributed by atoms with van der Waals surface area (Å²) in [6.45, 7) is 0.0570. The molecule has 2 aromatic heterocycles. The number of nitrogens with one attached hydrogen (secondary N) is 2. The second kappa shape index (κ2) is 15.4. The lowest BCUT2D eigenvalue weighted by molar-refractivity contribution is -0.757. The molecule has 0 radical (unpaired) electrons. The van der Waals surface area contributed by atoms with E-state index >= 15 is 0 Å². The van der Waals surface area contributed by atoms with Gasteiger partial charge in [0.25, 0.3) is 11.0 Å². The van der Waals surface area contributed by atoms with E-state index in [1.165, 1.54) is 0 Å². The third-order valence-electron chi connectivity index (χ3n) is 6.90. The quantitative estimate of drug-likeness (QED) is 0.0556. The Morgan fingerprint density at radius 2 is 1.71 bits per heavy atom. The van der Waals surface area contributed by atoms with E-state index in [1.807, 2.05) is 6.07 Å². The second-order valence-electron chi connectivity index (χ2n) is 10.3. The Kier molecular flexibility index (Phi) is 11.3. The minimum atomic E-state index is -6.07. The van der Waals surface area contributed by atoms with Gasteiger partial charge >= 0.3 is 18.1 Å². The van der Waals surface area contributed by atoms with E-state index in [1.54, 1.807) is 49.4 Å². The molecule has 19 heteroatoms. The molecule has 0 bridgehead atoms. The first-order chi connectivity index (χ1) is 22.8. The van der Waals surface area contributed by atoms with Gasteiger partial charge in [0.05, 0.1) is 13.2 Å². The van der Waals surface area contributed by atoms with E-state index in [9.17, 15) is 41.7 Å². The van der Waals surface area contributed by atoms with Crippen LogP contribution >= 0.6 is 0 Å². The van der Waals surface area contributed by atoms with Crippen LogP contribution in [-0.4, -0.2) is 73.1 Å². The number of hydrogen-bond donors (Lipinski definition) is 2. The zero-order valence-corrected chi connectivity index (χ0v) is 25.3. The van der Waals surface area contributed by atoms with E-state index in [0.717, 1.165) is 10.1 Å². The van der Waals surface area contributed by atoms with E-state index < -0.39 is 47.0 Å². The molecule has 0 aliphatic rings. The Morgan fingerprint density at radius 3 is 2.33 bits per heavy atom. The van der Waals surface area contributed by atoms with Crippen molar-refractivity contribution in [2.75, 3.05) is 19.8 Å². The summed E-state index contributed by atoms with van der Waals surface area (Å²) in [5, 5.41) is 25.2. The number of carbonyl (C=O) groups is 2. The number of hydrogen-bond acceptors (Lipinski definition) is 10. The van der Waals surface area contributed by atoms with Crippen molar-refractivity contribution >= 4 is 11.9 Å². The van der Waals surface area contributed by atoms with Crippen molar-refractivity contribution in [1.29, 1.82) is 0 Å². The SMILES string of the molecule is CCCc1nc(C(F)(F)C(F)(F)F)c(C(=O)NCC(=O)OCCCCO[N+](=O)[O-])n1Cc1ccc(-c2ccccc2-c2nn[nH]n2)cc1. The van der Waals surface area contributed by atoms with Crippen LogP contribution in [0.5, 0.6) is 0 Å². The number of alkyl halides is 5. The van der Waals surface area contributed by atoms with Gasteiger partial charge in [-0.15, -0.1) is 20.3 Å². The highest BCUT2D eigenvalue weighted by molar-refractivity contribution is 5.96. The van der Waals surface area contributed by atoms with Gasteiger partial charge in [0.15, 0.2) is 5.69 Å². The molecule has 14 nitrogen and oxygen atoms in total. The topological polar surface area (TPSA) is 180 Å². The predicted molar refractivity (Wildman–Crippen MR) is 156 cm³/mol. The number of unbranched alkanes of at least 4 members (excludes halogenated alkanes) is 1. The number of nitrogens with zero attached hydrogens (tertiary/aromatic N) is 6. The third-order valence-corrected chi connectivity index (χ3v) is 6.90. The number of benzene rings is 2. The highest BCUT2D eigenvalue weighted by atomic mass is 19.4. The predicted octanol–water partition coefficient (Wildman–Crippen LogP) is 4.65. The maximum Gasteiger partial charge on any atom is 0.459 e. The van der Waals surface area contributed by atoms with E-state index in [0.29, 0.717) is 28.9 Å². The molecule has 0 fully saturated rings. The summed E-state index contributed by atoms with van der Waals surface area (Å²) in [6.07, 6.45) is -5.46. The molecule has 256 valence electrons. The monoisotopic (exact) mass is 680 g/mol. The summed E-state index contributed by atoms with van der Waals surface area (Å²) in [5.41, 5.74) is -0.285. The van der Waals surface area contributed by atoms with Crippen molar-refractivity contribution in [3.63, 3.8) is 0 Å². The third kappa shape index (κ3) is 8.45. The van der Waals surface area contributed by atoms with Crippen LogP contribution < -0.4 is 5.32 Å². The molecule has 4 rings (SSSR count). The van der Waals surface area contributed by atoms with Crippen molar-refractivity contribution in [1.82, 2.24) is 35.5 Å². The zero-order valence-electron chi connectivity index (χ0n) is 25.3. The number of H-pyrrole nitrogens is 1. The molecule has 0 unspecified atom stereocenters. The van der Waals surface area contributed by atoms with Crippen LogP contribution in [0.2, 0.25) is 0 Å². The van der Waals surface area contributed by atoms with E-state index in [-0.39, 0.29) is 44.8 Å². The number of ether oxygens (including phenoxy) is 1. The zero-order chi connectivity index (χ0) is 34.9. The first kappa shape index (κ1) is 35.4. The fourth-order valence-corrected chi connectivity index (χ4v) is 4.66. The lowest BCUT2D eigenvalue weighted by Crippen LogP contribution is -2.38. The van der Waals surface area contributed by atoms with Crippen LogP contribution in [0, 0.1) is 10.1 Å². The van der Waals surface area contributed by atoms with Crippen LogP contribution in [0.3, 0.4) is 0 Å². The fraction of sp³-hybridized carbons (Fsp3) is 0.379. The standard InChI is InChI=1S/C29H29F5N8O6/c1-2-7-22-36-25(28(30,31)29(32,33)34)24(27(44)35-16-23(43)47-14-5-6-15-48-42(45)46)41(22)17-18-10-12-19(13-11-18)20-8-3-4-9-21(20)26-37-39-40-38-26/h3-4,8-13H,2,5-7,14-17H2,1H3,(H,35,44)(H,37,38,39,40). The molecular formula is C29H29F5N8O6. The summed E-state index contributed by atoms with van der Waals surface area (Å²) in [5.74, 6) is -7.75. The second-order valence-corrected chi connectivity index (χ2v) is 10.3. The maximum absolute atomic E-state index is 14.8. The van der Waals surface area contributed by atoms with Crippen LogP contribution in [0.1, 0.15) is 53.8 Å². The number of amides is 1. The van der Waals surface area contributed by atoms with Gasteiger partial charge in [0, 0.05) is 18.5 Å². The molecule has 0 saturated carbocycles. The van der Waals surface area contributed by atoms with Gasteiger partial charge in [0.2, 0.25) is 5.82 Å². The summed E-state index contributed by atoms with van der Waals surface area (Å²) in [6, 6.07) is 13.8. The number of tetrazole rings is 1. The molecule has 48 heavy (non-hydrogen) atoms. The van der Waals surface area contributed by atoms with Crippen molar-refractivity contribution in [2.24, 2.45) is 0 Å². The molecule has 0 spiro atoms. The molecule has 0 aliphatic carbocycles. The molecule has 0 saturated heterocycles. The normalized spacial score (nSPS) is 11.7. The average molecular weight is 681 g/mol. The molecule has 2 heterocycles. The lowest BCUT2D eigenvalue weighted by Gasteiger charge is -2.19. The van der Waals surface area contributed by atoms with E-state index in [4.69, 9.17) is 4.74 Å². The minimum Gasteiger partial charge on any atom is -0.464 e. The summed E-state index contributed by atoms with van der Waals surface area (Å²) >= 11 is 0. The summed E-state index contributed by atoms with van der Waals surface area (Å²) in [7, 11) is 0. The van der Waals surface area contributed by atoms with Crippen molar-refractivity contribution in [2.45, 2.75) is 51.3 Å². The Bertz CT molecular complexity index is 1710. The van der Waals surface area contributed by atoms with Gasteiger partial charge in [-0.1, -0.05) is 55.5 Å². The lowest BCUT2D eigenvalue weighted by atomic mass is 9.98. The number of aromatic nitrogens is 6. The van der Waals surface area contributed by atoms with Crippen LogP contribution in [0.4, 0.5) is 22.0 Å². The fourth-order valence-electron chi connectivity index (χ4n) is 4.66. The smallest absolute Gasteiger partial charge is 0.459 e. The number of carbonyl (C=O) groups excluding carboxylic acids is 2. The molecule has 2 N–H and O–H groups in total. The molecule has 0 aliphatic heterocycles. The minimum absolute atomic E-state index is 0.0351. The molecule has 2 aromatic carbocycles. The first-order valence-electron chi connectivity index (χ1n) is 14.5. The van der Waals surface area contributed by atoms with Gasteiger partial charge in [-0.2, -0.15) is 27.2 Å². The first-order valence-corrected chi connectivity index (χ1v) is 14.5. The molecule has 0 atom stereocenters. The van der Waals surface area contributed by atoms with Gasteiger partial charge < -0.3 is 19.5 Å². The summed E-state index contributed by atoms with van der Waals surface area (Å²) < 4.78 is 76.3. The number of esters is 1. The number of aromatic amines is 1.